The molecule has 0 fully saturated rings. The monoisotopic (exact) mass is 729 g/mol. The first-order valence-corrected chi connectivity index (χ1v) is 23.0. The third-order valence-corrected chi connectivity index (χ3v) is 10.3. The van der Waals surface area contributed by atoms with Crippen LogP contribution < -0.4 is 0 Å². The van der Waals surface area contributed by atoms with Crippen LogP contribution in [-0.4, -0.2) is 23.1 Å². The minimum absolute atomic E-state index is 0.0192. The average Bonchev–Trinajstić information content (AvgIpc) is 3.13. The van der Waals surface area contributed by atoms with E-state index in [-0.39, 0.29) is 18.5 Å². The van der Waals surface area contributed by atoms with Crippen molar-refractivity contribution < 1.29 is 19.4 Å². The summed E-state index contributed by atoms with van der Waals surface area (Å²) < 4.78 is 6.00. The highest BCUT2D eigenvalue weighted by molar-refractivity contribution is 5.69. The maximum atomic E-state index is 12.7. The molecule has 0 saturated carbocycles. The second-order valence-corrected chi connectivity index (χ2v) is 15.6. The highest BCUT2D eigenvalue weighted by Gasteiger charge is 2.14. The maximum absolute atomic E-state index is 12.7. The van der Waals surface area contributed by atoms with Crippen LogP contribution in [-0.2, 0) is 14.3 Å². The molecule has 0 bridgehead atoms. The lowest BCUT2D eigenvalue weighted by Gasteiger charge is -2.18. The lowest BCUT2D eigenvalue weighted by molar-refractivity contribution is -0.150. The average molecular weight is 729 g/mol. The van der Waals surface area contributed by atoms with E-state index in [4.69, 9.17) is 9.84 Å². The molecule has 0 aliphatic heterocycles. The Morgan fingerprint density at radius 1 is 0.423 bits per heavy atom. The Bertz CT molecular complexity index is 828. The van der Waals surface area contributed by atoms with Crippen molar-refractivity contribution in [3.8, 4) is 0 Å². The molecule has 304 valence electrons. The number of allylic oxidation sites excluding steroid dienone is 6. The molecule has 1 atom stereocenters. The van der Waals surface area contributed by atoms with Gasteiger partial charge in [0.1, 0.15) is 6.10 Å². The fourth-order valence-electron chi connectivity index (χ4n) is 6.92. The zero-order valence-corrected chi connectivity index (χ0v) is 34.9. The van der Waals surface area contributed by atoms with E-state index >= 15 is 0 Å². The van der Waals surface area contributed by atoms with Crippen LogP contribution in [0.2, 0.25) is 0 Å². The van der Waals surface area contributed by atoms with Gasteiger partial charge in [0.2, 0.25) is 0 Å². The van der Waals surface area contributed by atoms with Crippen molar-refractivity contribution in [1.82, 2.24) is 0 Å². The van der Waals surface area contributed by atoms with Gasteiger partial charge in [0.25, 0.3) is 0 Å². The SMILES string of the molecule is CCCCC/C=C\C/C=C\CCCC/C=C\CCCCCCCC(=O)OC(CCCCCCCCCCCCCCCC)CCCCCCC(=O)O. The lowest BCUT2D eigenvalue weighted by atomic mass is 10.0. The highest BCUT2D eigenvalue weighted by Crippen LogP contribution is 2.19. The second-order valence-electron chi connectivity index (χ2n) is 15.6. The number of rotatable bonds is 42. The van der Waals surface area contributed by atoms with Gasteiger partial charge in [-0.15, -0.1) is 0 Å². The molecule has 0 aliphatic rings. The third-order valence-electron chi connectivity index (χ3n) is 10.3. The molecule has 0 saturated heterocycles. The van der Waals surface area contributed by atoms with Gasteiger partial charge in [-0.25, -0.2) is 0 Å². The van der Waals surface area contributed by atoms with Crippen LogP contribution in [0.3, 0.4) is 0 Å². The van der Waals surface area contributed by atoms with E-state index in [9.17, 15) is 9.59 Å². The van der Waals surface area contributed by atoms with Crippen molar-refractivity contribution in [3.05, 3.63) is 36.5 Å². The summed E-state index contributed by atoms with van der Waals surface area (Å²) >= 11 is 0. The highest BCUT2D eigenvalue weighted by atomic mass is 16.5. The van der Waals surface area contributed by atoms with E-state index < -0.39 is 5.97 Å². The summed E-state index contributed by atoms with van der Waals surface area (Å²) in [6.45, 7) is 4.54. The summed E-state index contributed by atoms with van der Waals surface area (Å²) in [5.41, 5.74) is 0. The van der Waals surface area contributed by atoms with Crippen LogP contribution >= 0.6 is 0 Å². The molecule has 0 rings (SSSR count). The zero-order chi connectivity index (χ0) is 37.8. The van der Waals surface area contributed by atoms with Crippen LogP contribution in [0.25, 0.3) is 0 Å². The third kappa shape index (κ3) is 42.6. The molecule has 4 nitrogen and oxygen atoms in total. The molecule has 0 aromatic rings. The molecule has 4 heteroatoms. The van der Waals surface area contributed by atoms with Gasteiger partial charge in [-0.05, 0) is 96.3 Å². The molecule has 1 unspecified atom stereocenters. The van der Waals surface area contributed by atoms with E-state index in [1.807, 2.05) is 0 Å². The van der Waals surface area contributed by atoms with E-state index in [1.165, 1.54) is 161 Å². The molecule has 0 aliphatic carbocycles. The number of esters is 1. The summed E-state index contributed by atoms with van der Waals surface area (Å²) in [6, 6.07) is 0. The maximum Gasteiger partial charge on any atom is 0.306 e. The number of unbranched alkanes of at least 4 members (excludes halogenated alkanes) is 27. The van der Waals surface area contributed by atoms with E-state index in [0.717, 1.165) is 64.2 Å². The predicted octanol–water partition coefficient (Wildman–Crippen LogP) is 16.1. The number of carboxylic acids is 1. The molecule has 0 aromatic heterocycles. The minimum Gasteiger partial charge on any atom is -0.481 e. The number of carbonyl (C=O) groups is 2. The fraction of sp³-hybridized carbons (Fsp3) is 0.833. The molecular weight excluding hydrogens is 641 g/mol. The van der Waals surface area contributed by atoms with E-state index in [2.05, 4.69) is 50.3 Å². The van der Waals surface area contributed by atoms with Crippen molar-refractivity contribution in [2.75, 3.05) is 0 Å². The fourth-order valence-corrected chi connectivity index (χ4v) is 6.92. The van der Waals surface area contributed by atoms with Crippen molar-refractivity contribution in [2.45, 2.75) is 258 Å². The van der Waals surface area contributed by atoms with Gasteiger partial charge in [0.15, 0.2) is 0 Å². The summed E-state index contributed by atoms with van der Waals surface area (Å²) in [7, 11) is 0. The van der Waals surface area contributed by atoms with Gasteiger partial charge in [-0.3, -0.25) is 9.59 Å². The first-order chi connectivity index (χ1) is 25.6. The number of carbonyl (C=O) groups excluding carboxylic acids is 1. The molecule has 1 N–H and O–H groups in total. The normalized spacial score (nSPS) is 12.5. The molecule has 52 heavy (non-hydrogen) atoms. The number of carboxylic acid groups (broad SMARTS) is 1. The Hall–Kier alpha value is -1.84. The second kappa shape index (κ2) is 43.6. The largest absolute Gasteiger partial charge is 0.481 e. The van der Waals surface area contributed by atoms with Crippen LogP contribution in [0.5, 0.6) is 0 Å². The molecule has 0 aromatic carbocycles. The zero-order valence-electron chi connectivity index (χ0n) is 34.9. The van der Waals surface area contributed by atoms with E-state index in [1.54, 1.807) is 0 Å². The number of hydrogen-bond acceptors (Lipinski definition) is 3. The Kier molecular flexibility index (Phi) is 42.0. The topological polar surface area (TPSA) is 63.6 Å². The Morgan fingerprint density at radius 3 is 1.21 bits per heavy atom. The van der Waals surface area contributed by atoms with Crippen LogP contribution in [0, 0.1) is 0 Å². The van der Waals surface area contributed by atoms with Gasteiger partial charge in [-0.1, -0.05) is 179 Å². The Balaban J connectivity index is 3.94. The lowest BCUT2D eigenvalue weighted by Crippen LogP contribution is -2.18. The van der Waals surface area contributed by atoms with Crippen LogP contribution in [0.1, 0.15) is 251 Å². The summed E-state index contributed by atoms with van der Waals surface area (Å²) in [4.78, 5) is 23.5. The summed E-state index contributed by atoms with van der Waals surface area (Å²) in [6.07, 6.45) is 57.5. The first kappa shape index (κ1) is 50.2. The van der Waals surface area contributed by atoms with Gasteiger partial charge in [0, 0.05) is 12.8 Å². The van der Waals surface area contributed by atoms with Gasteiger partial charge >= 0.3 is 11.9 Å². The predicted molar refractivity (Wildman–Crippen MR) is 227 cm³/mol. The molecule has 0 amide bonds. The van der Waals surface area contributed by atoms with Crippen molar-refractivity contribution in [2.24, 2.45) is 0 Å². The number of ether oxygens (including phenoxy) is 1. The smallest absolute Gasteiger partial charge is 0.306 e. The van der Waals surface area contributed by atoms with Crippen molar-refractivity contribution in [3.63, 3.8) is 0 Å². The first-order valence-electron chi connectivity index (χ1n) is 23.0. The Labute approximate surface area is 324 Å². The van der Waals surface area contributed by atoms with E-state index in [0.29, 0.717) is 6.42 Å². The Morgan fingerprint density at radius 2 is 0.750 bits per heavy atom. The number of aliphatic carboxylic acids is 1. The van der Waals surface area contributed by atoms with Gasteiger partial charge in [0.05, 0.1) is 0 Å². The van der Waals surface area contributed by atoms with Crippen molar-refractivity contribution >= 4 is 11.9 Å². The standard InChI is InChI=1S/C48H88O4/c1-3-5-7-9-11-13-15-17-19-20-21-22-23-24-25-27-29-31-33-35-41-45-48(51)52-46(43-39-36-37-40-44-47(49)50)42-38-34-32-30-28-26-18-16-14-12-10-8-6-4-2/h11,13,17,19,24-25,46H,3-10,12,14-16,18,20-23,26-45H2,1-2H3,(H,49,50)/b13-11-,19-17-,25-24-. The minimum atomic E-state index is -0.710. The van der Waals surface area contributed by atoms with Crippen LogP contribution in [0.4, 0.5) is 0 Å². The quantitative estimate of drug-likeness (QED) is 0.0386. The summed E-state index contributed by atoms with van der Waals surface area (Å²) in [5, 5.41) is 8.88. The molecule has 0 spiro atoms. The molecule has 0 radical (unpaired) electrons. The molecule has 0 heterocycles. The van der Waals surface area contributed by atoms with Crippen LogP contribution in [0.15, 0.2) is 36.5 Å². The van der Waals surface area contributed by atoms with Gasteiger partial charge in [-0.2, -0.15) is 0 Å². The van der Waals surface area contributed by atoms with Crippen molar-refractivity contribution in [1.29, 1.82) is 0 Å². The van der Waals surface area contributed by atoms with Gasteiger partial charge < -0.3 is 9.84 Å². The molecular formula is C48H88O4. The summed E-state index contributed by atoms with van der Waals surface area (Å²) in [5.74, 6) is -0.729. The number of hydrogen-bond donors (Lipinski definition) is 1.